The van der Waals surface area contributed by atoms with E-state index < -0.39 is 0 Å². The Labute approximate surface area is 98.8 Å². The number of ether oxygens (including phenoxy) is 1. The molecule has 1 unspecified atom stereocenters. The normalized spacial score (nSPS) is 19.8. The summed E-state index contributed by atoms with van der Waals surface area (Å²) in [6.45, 7) is 1.92. The highest BCUT2D eigenvalue weighted by Gasteiger charge is 2.15. The van der Waals surface area contributed by atoms with E-state index >= 15 is 0 Å². The smallest absolute Gasteiger partial charge is 0.330 e. The lowest BCUT2D eigenvalue weighted by Gasteiger charge is -2.11. The Kier molecular flexibility index (Phi) is 3.44. The average molecular weight is 239 g/mol. The van der Waals surface area contributed by atoms with Crippen molar-refractivity contribution in [1.82, 2.24) is 14.5 Å². The highest BCUT2D eigenvalue weighted by molar-refractivity contribution is 5.05. The van der Waals surface area contributed by atoms with E-state index in [1.165, 1.54) is 11.6 Å². The largest absolute Gasteiger partial charge is 0.380 e. The molecule has 94 valence electrons. The maximum Gasteiger partial charge on any atom is 0.330 e. The number of aryl methyl sites for hydroxylation is 1. The lowest BCUT2D eigenvalue weighted by atomic mass is 10.2. The maximum atomic E-state index is 11.8. The molecule has 0 amide bonds. The van der Waals surface area contributed by atoms with E-state index in [1.54, 1.807) is 13.2 Å². The fourth-order valence-electron chi connectivity index (χ4n) is 1.95. The topological polar surface area (TPSA) is 65.3 Å². The van der Waals surface area contributed by atoms with E-state index in [1.807, 2.05) is 0 Å². The van der Waals surface area contributed by atoms with Crippen LogP contribution in [-0.4, -0.2) is 28.4 Å². The maximum absolute atomic E-state index is 11.8. The second kappa shape index (κ2) is 4.85. The summed E-state index contributed by atoms with van der Waals surface area (Å²) in [5, 5.41) is 3.26. The molecule has 2 heterocycles. The molecule has 0 aromatic carbocycles. The van der Waals surface area contributed by atoms with Gasteiger partial charge in [-0.3, -0.25) is 9.36 Å². The van der Waals surface area contributed by atoms with Crippen LogP contribution in [0.5, 0.6) is 0 Å². The predicted octanol–water partition coefficient (Wildman–Crippen LogP) is -1.04. The van der Waals surface area contributed by atoms with Crippen LogP contribution in [-0.2, 0) is 25.4 Å². The summed E-state index contributed by atoms with van der Waals surface area (Å²) in [5.41, 5.74) is 0.0592. The van der Waals surface area contributed by atoms with Gasteiger partial charge in [-0.2, -0.15) is 0 Å². The van der Waals surface area contributed by atoms with Gasteiger partial charge >= 0.3 is 5.69 Å². The molecule has 6 nitrogen and oxygen atoms in total. The Balaban J connectivity index is 2.15. The second-order valence-corrected chi connectivity index (χ2v) is 4.35. The van der Waals surface area contributed by atoms with Gasteiger partial charge in [-0.15, -0.1) is 0 Å². The molecule has 1 aliphatic heterocycles. The van der Waals surface area contributed by atoms with E-state index in [0.717, 1.165) is 17.6 Å². The van der Waals surface area contributed by atoms with Gasteiger partial charge < -0.3 is 14.6 Å². The molecule has 1 atom stereocenters. The van der Waals surface area contributed by atoms with Gasteiger partial charge in [0.25, 0.3) is 5.56 Å². The van der Waals surface area contributed by atoms with E-state index in [4.69, 9.17) is 4.74 Å². The van der Waals surface area contributed by atoms with Crippen LogP contribution in [0.2, 0.25) is 0 Å². The predicted molar refractivity (Wildman–Crippen MR) is 63.0 cm³/mol. The van der Waals surface area contributed by atoms with Gasteiger partial charge in [0.2, 0.25) is 0 Å². The van der Waals surface area contributed by atoms with Crippen LogP contribution in [0.1, 0.15) is 12.0 Å². The van der Waals surface area contributed by atoms with E-state index in [9.17, 15) is 9.59 Å². The molecule has 17 heavy (non-hydrogen) atoms. The third-order valence-electron chi connectivity index (χ3n) is 3.03. The van der Waals surface area contributed by atoms with Crippen molar-refractivity contribution in [2.45, 2.75) is 19.0 Å². The molecule has 0 radical (unpaired) electrons. The lowest BCUT2D eigenvalue weighted by molar-refractivity contribution is 0.189. The minimum atomic E-state index is -0.303. The molecule has 0 aliphatic carbocycles. The molecule has 0 bridgehead atoms. The summed E-state index contributed by atoms with van der Waals surface area (Å²) in [6.07, 6.45) is 2.56. The molecular weight excluding hydrogens is 222 g/mol. The summed E-state index contributed by atoms with van der Waals surface area (Å²) < 4.78 is 7.79. The third-order valence-corrected chi connectivity index (χ3v) is 3.03. The van der Waals surface area contributed by atoms with Crippen molar-refractivity contribution in [3.8, 4) is 0 Å². The average Bonchev–Trinajstić information content (AvgIpc) is 2.82. The number of rotatable bonds is 3. The highest BCUT2D eigenvalue weighted by atomic mass is 16.5. The Hall–Kier alpha value is -1.40. The van der Waals surface area contributed by atoms with Crippen molar-refractivity contribution >= 4 is 0 Å². The Bertz CT molecular complexity index is 512. The fourth-order valence-corrected chi connectivity index (χ4v) is 1.95. The van der Waals surface area contributed by atoms with Crippen molar-refractivity contribution < 1.29 is 4.74 Å². The van der Waals surface area contributed by atoms with Gasteiger partial charge in [-0.1, -0.05) is 0 Å². The van der Waals surface area contributed by atoms with Crippen LogP contribution in [0.3, 0.4) is 0 Å². The first-order valence-electron chi connectivity index (χ1n) is 5.66. The molecule has 0 spiro atoms. The Morgan fingerprint density at radius 1 is 1.47 bits per heavy atom. The SMILES string of the molecule is Cn1cc(CNC2CCOC2)c(=O)n(C)c1=O. The number of nitrogens with one attached hydrogen (secondary N) is 1. The third kappa shape index (κ3) is 2.48. The molecule has 1 aromatic heterocycles. The molecule has 1 aliphatic rings. The molecular formula is C11H17N3O3. The van der Waals surface area contributed by atoms with Crippen LogP contribution in [0, 0.1) is 0 Å². The Morgan fingerprint density at radius 2 is 2.24 bits per heavy atom. The Morgan fingerprint density at radius 3 is 2.88 bits per heavy atom. The molecule has 0 saturated carbocycles. The van der Waals surface area contributed by atoms with Crippen LogP contribution >= 0.6 is 0 Å². The number of aromatic nitrogens is 2. The summed E-state index contributed by atoms with van der Waals surface area (Å²) >= 11 is 0. The number of hydrogen-bond donors (Lipinski definition) is 1. The first kappa shape index (κ1) is 12.1. The molecule has 1 saturated heterocycles. The van der Waals surface area contributed by atoms with Gasteiger partial charge in [0.1, 0.15) is 0 Å². The van der Waals surface area contributed by atoms with Crippen LogP contribution in [0.15, 0.2) is 15.8 Å². The summed E-state index contributed by atoms with van der Waals surface area (Å²) in [5.74, 6) is 0. The van der Waals surface area contributed by atoms with Crippen molar-refractivity contribution in [3.63, 3.8) is 0 Å². The van der Waals surface area contributed by atoms with Gasteiger partial charge in [0.05, 0.1) is 6.61 Å². The molecule has 6 heteroatoms. The number of nitrogens with zero attached hydrogens (tertiary/aromatic N) is 2. The van der Waals surface area contributed by atoms with Crippen LogP contribution < -0.4 is 16.6 Å². The monoisotopic (exact) mass is 239 g/mol. The first-order chi connectivity index (χ1) is 8.09. The zero-order chi connectivity index (χ0) is 12.4. The minimum absolute atomic E-state index is 0.237. The van der Waals surface area contributed by atoms with Gasteiger partial charge in [-0.25, -0.2) is 4.79 Å². The fraction of sp³-hybridized carbons (Fsp3) is 0.636. The van der Waals surface area contributed by atoms with Crippen LogP contribution in [0.25, 0.3) is 0 Å². The lowest BCUT2D eigenvalue weighted by Crippen LogP contribution is -2.40. The molecule has 1 aromatic rings. The van der Waals surface area contributed by atoms with Gasteiger partial charge in [0, 0.05) is 45.0 Å². The van der Waals surface area contributed by atoms with Crippen molar-refractivity contribution in [1.29, 1.82) is 0 Å². The molecule has 2 rings (SSSR count). The second-order valence-electron chi connectivity index (χ2n) is 4.35. The highest BCUT2D eigenvalue weighted by Crippen LogP contribution is 2.03. The minimum Gasteiger partial charge on any atom is -0.380 e. The van der Waals surface area contributed by atoms with Crippen LogP contribution in [0.4, 0.5) is 0 Å². The van der Waals surface area contributed by atoms with Gasteiger partial charge in [-0.05, 0) is 6.42 Å². The molecule has 1 N–H and O–H groups in total. The first-order valence-corrected chi connectivity index (χ1v) is 5.66. The van der Waals surface area contributed by atoms with Gasteiger partial charge in [0.15, 0.2) is 0 Å². The van der Waals surface area contributed by atoms with Crippen molar-refractivity contribution in [3.05, 3.63) is 32.6 Å². The zero-order valence-electron chi connectivity index (χ0n) is 10.1. The molecule has 1 fully saturated rings. The van der Waals surface area contributed by atoms with E-state index in [2.05, 4.69) is 5.32 Å². The summed E-state index contributed by atoms with van der Waals surface area (Å²) in [4.78, 5) is 23.3. The van der Waals surface area contributed by atoms with E-state index in [-0.39, 0.29) is 11.2 Å². The summed E-state index contributed by atoms with van der Waals surface area (Å²) in [6, 6.07) is 0.303. The zero-order valence-corrected chi connectivity index (χ0v) is 10.1. The van der Waals surface area contributed by atoms with E-state index in [0.29, 0.717) is 24.8 Å². The van der Waals surface area contributed by atoms with Crippen molar-refractivity contribution in [2.24, 2.45) is 14.1 Å². The summed E-state index contributed by atoms with van der Waals surface area (Å²) in [7, 11) is 3.14. The van der Waals surface area contributed by atoms with Crippen molar-refractivity contribution in [2.75, 3.05) is 13.2 Å². The quantitative estimate of drug-likeness (QED) is 0.732. The standard InChI is InChI=1S/C11H17N3O3/c1-13-6-8(10(15)14(2)11(13)16)5-12-9-3-4-17-7-9/h6,9,12H,3-5,7H2,1-2H3. The number of hydrogen-bond acceptors (Lipinski definition) is 4.